The molecule has 0 aliphatic heterocycles. The first-order valence-corrected chi connectivity index (χ1v) is 7.20. The topological polar surface area (TPSA) is 32.3 Å². The second-order valence-electron chi connectivity index (χ2n) is 4.07. The molecule has 1 aromatic carbocycles. The lowest BCUT2D eigenvalue weighted by Crippen LogP contribution is -2.12. The minimum Gasteiger partial charge on any atom is -0.506 e. The molecule has 2 N–H and O–H groups in total. The van der Waals surface area contributed by atoms with E-state index in [1.807, 2.05) is 12.1 Å². The Morgan fingerprint density at radius 3 is 2.83 bits per heavy atom. The Bertz CT molecular complexity index is 524. The summed E-state index contributed by atoms with van der Waals surface area (Å²) in [6.07, 6.45) is 1.06. The minimum atomic E-state index is 0.175. The second kappa shape index (κ2) is 6.23. The fourth-order valence-electron chi connectivity index (χ4n) is 1.85. The predicted molar refractivity (Wildman–Crippen MR) is 77.4 cm³/mol. The minimum absolute atomic E-state index is 0.175. The van der Waals surface area contributed by atoms with Gasteiger partial charge in [-0.1, -0.05) is 30.7 Å². The van der Waals surface area contributed by atoms with Gasteiger partial charge in [-0.25, -0.2) is 0 Å². The maximum atomic E-state index is 9.79. The van der Waals surface area contributed by atoms with Crippen LogP contribution in [0.1, 0.15) is 22.9 Å². The number of para-hydroxylation sites is 1. The van der Waals surface area contributed by atoms with Crippen molar-refractivity contribution >= 4 is 22.9 Å². The summed E-state index contributed by atoms with van der Waals surface area (Å²) in [5, 5.41) is 15.6. The lowest BCUT2D eigenvalue weighted by atomic mass is 10.2. The van der Waals surface area contributed by atoms with Crippen molar-refractivity contribution in [3.05, 3.63) is 50.7 Å². The maximum absolute atomic E-state index is 9.79. The van der Waals surface area contributed by atoms with E-state index < -0.39 is 0 Å². The quantitative estimate of drug-likeness (QED) is 0.869. The number of aryl methyl sites for hydroxylation is 1. The summed E-state index contributed by atoms with van der Waals surface area (Å²) in [7, 11) is 0. The van der Waals surface area contributed by atoms with Gasteiger partial charge in [0.15, 0.2) is 0 Å². The van der Waals surface area contributed by atoms with Gasteiger partial charge in [0.2, 0.25) is 0 Å². The summed E-state index contributed by atoms with van der Waals surface area (Å²) in [5.74, 6) is 0.175. The fraction of sp³-hybridized carbons (Fsp3) is 0.286. The van der Waals surface area contributed by atoms with Crippen LogP contribution in [0.15, 0.2) is 29.6 Å². The van der Waals surface area contributed by atoms with Crippen molar-refractivity contribution in [3.8, 4) is 5.75 Å². The standard InChI is InChI=1S/C14H16ClNOS/c1-2-10-6-7-18-13(10)9-16-8-11-4-3-5-12(15)14(11)17/h3-7,16-17H,2,8-9H2,1H3. The number of nitrogens with one attached hydrogen (secondary N) is 1. The average Bonchev–Trinajstić information content (AvgIpc) is 2.82. The van der Waals surface area contributed by atoms with Crippen LogP contribution in [0.3, 0.4) is 0 Å². The average molecular weight is 282 g/mol. The van der Waals surface area contributed by atoms with Gasteiger partial charge in [0.25, 0.3) is 0 Å². The number of hydrogen-bond donors (Lipinski definition) is 2. The smallest absolute Gasteiger partial charge is 0.138 e. The number of halogens is 1. The van der Waals surface area contributed by atoms with Crippen molar-refractivity contribution in [3.63, 3.8) is 0 Å². The van der Waals surface area contributed by atoms with E-state index in [1.165, 1.54) is 10.4 Å². The summed E-state index contributed by atoms with van der Waals surface area (Å²) < 4.78 is 0. The van der Waals surface area contributed by atoms with Gasteiger partial charge in [0, 0.05) is 23.5 Å². The summed E-state index contributed by atoms with van der Waals surface area (Å²) in [6, 6.07) is 7.58. The molecule has 1 heterocycles. The molecular weight excluding hydrogens is 266 g/mol. The van der Waals surface area contributed by atoms with Crippen molar-refractivity contribution in [2.75, 3.05) is 0 Å². The van der Waals surface area contributed by atoms with Crippen molar-refractivity contribution in [2.45, 2.75) is 26.4 Å². The zero-order valence-electron chi connectivity index (χ0n) is 10.2. The first kappa shape index (κ1) is 13.4. The van der Waals surface area contributed by atoms with E-state index in [-0.39, 0.29) is 5.75 Å². The van der Waals surface area contributed by atoms with E-state index in [4.69, 9.17) is 11.6 Å². The first-order valence-electron chi connectivity index (χ1n) is 5.94. The number of aromatic hydroxyl groups is 1. The molecule has 2 aromatic rings. The molecule has 2 nitrogen and oxygen atoms in total. The van der Waals surface area contributed by atoms with E-state index in [0.717, 1.165) is 18.5 Å². The highest BCUT2D eigenvalue weighted by Crippen LogP contribution is 2.26. The van der Waals surface area contributed by atoms with Crippen LogP contribution in [0.2, 0.25) is 5.02 Å². The molecule has 0 amide bonds. The van der Waals surface area contributed by atoms with Crippen LogP contribution < -0.4 is 5.32 Å². The highest BCUT2D eigenvalue weighted by atomic mass is 35.5. The summed E-state index contributed by atoms with van der Waals surface area (Å²) in [4.78, 5) is 1.36. The van der Waals surface area contributed by atoms with E-state index in [9.17, 15) is 5.11 Å². The molecular formula is C14H16ClNOS. The Labute approximate surface area is 116 Å². The van der Waals surface area contributed by atoms with Gasteiger partial charge in [-0.2, -0.15) is 0 Å². The van der Waals surface area contributed by atoms with Crippen LogP contribution in [0.4, 0.5) is 0 Å². The SMILES string of the molecule is CCc1ccsc1CNCc1cccc(Cl)c1O. The molecule has 0 aliphatic rings. The predicted octanol–water partition coefficient (Wildman–Crippen LogP) is 3.96. The van der Waals surface area contributed by atoms with E-state index in [0.29, 0.717) is 11.6 Å². The zero-order chi connectivity index (χ0) is 13.0. The van der Waals surface area contributed by atoms with Crippen molar-refractivity contribution in [1.82, 2.24) is 5.32 Å². The van der Waals surface area contributed by atoms with Crippen LogP contribution in [0.25, 0.3) is 0 Å². The van der Waals surface area contributed by atoms with Gasteiger partial charge in [-0.15, -0.1) is 11.3 Å². The molecule has 0 unspecified atom stereocenters. The van der Waals surface area contributed by atoms with Crippen molar-refractivity contribution in [1.29, 1.82) is 0 Å². The number of rotatable bonds is 5. The van der Waals surface area contributed by atoms with Gasteiger partial charge in [0.05, 0.1) is 5.02 Å². The number of benzene rings is 1. The maximum Gasteiger partial charge on any atom is 0.138 e. The fourth-order valence-corrected chi connectivity index (χ4v) is 2.99. The Morgan fingerprint density at radius 2 is 2.06 bits per heavy atom. The van der Waals surface area contributed by atoms with Crippen LogP contribution >= 0.6 is 22.9 Å². The molecule has 0 fully saturated rings. The molecule has 0 aliphatic carbocycles. The molecule has 18 heavy (non-hydrogen) atoms. The Balaban J connectivity index is 1.94. The third kappa shape index (κ3) is 3.05. The Kier molecular flexibility index (Phi) is 4.64. The summed E-state index contributed by atoms with van der Waals surface area (Å²) in [6.45, 7) is 3.61. The zero-order valence-corrected chi connectivity index (χ0v) is 11.8. The van der Waals surface area contributed by atoms with E-state index >= 15 is 0 Å². The van der Waals surface area contributed by atoms with Crippen LogP contribution in [0.5, 0.6) is 5.75 Å². The highest BCUT2D eigenvalue weighted by molar-refractivity contribution is 7.10. The van der Waals surface area contributed by atoms with Crippen LogP contribution in [-0.2, 0) is 19.5 Å². The van der Waals surface area contributed by atoms with Gasteiger partial charge in [-0.05, 0) is 29.5 Å². The second-order valence-corrected chi connectivity index (χ2v) is 5.48. The molecule has 0 saturated heterocycles. The third-order valence-electron chi connectivity index (χ3n) is 2.89. The van der Waals surface area contributed by atoms with Gasteiger partial charge in [0.1, 0.15) is 5.75 Å². The molecule has 0 spiro atoms. The van der Waals surface area contributed by atoms with Gasteiger partial charge >= 0.3 is 0 Å². The number of phenolic OH excluding ortho intramolecular Hbond substituents is 1. The van der Waals surface area contributed by atoms with Gasteiger partial charge in [-0.3, -0.25) is 0 Å². The van der Waals surface area contributed by atoms with Crippen molar-refractivity contribution in [2.24, 2.45) is 0 Å². The molecule has 0 atom stereocenters. The molecule has 2 rings (SSSR count). The van der Waals surface area contributed by atoms with Crippen molar-refractivity contribution < 1.29 is 5.11 Å². The van der Waals surface area contributed by atoms with Gasteiger partial charge < -0.3 is 10.4 Å². The Morgan fingerprint density at radius 1 is 1.22 bits per heavy atom. The molecule has 0 radical (unpaired) electrons. The summed E-state index contributed by atoms with van der Waals surface area (Å²) in [5.41, 5.74) is 2.22. The first-order chi connectivity index (χ1) is 8.72. The number of hydrogen-bond acceptors (Lipinski definition) is 3. The largest absolute Gasteiger partial charge is 0.506 e. The van der Waals surface area contributed by atoms with E-state index in [1.54, 1.807) is 17.4 Å². The number of phenols is 1. The normalized spacial score (nSPS) is 10.8. The molecule has 1 aromatic heterocycles. The number of thiophene rings is 1. The molecule has 0 bridgehead atoms. The van der Waals surface area contributed by atoms with Crippen LogP contribution in [-0.4, -0.2) is 5.11 Å². The lowest BCUT2D eigenvalue weighted by Gasteiger charge is -2.08. The monoisotopic (exact) mass is 281 g/mol. The van der Waals surface area contributed by atoms with E-state index in [2.05, 4.69) is 23.7 Å². The highest BCUT2D eigenvalue weighted by Gasteiger charge is 2.06. The Hall–Kier alpha value is -1.03. The molecule has 4 heteroatoms. The molecule has 96 valence electrons. The van der Waals surface area contributed by atoms with Crippen LogP contribution in [0, 0.1) is 0 Å². The molecule has 0 saturated carbocycles. The lowest BCUT2D eigenvalue weighted by molar-refractivity contribution is 0.465. The third-order valence-corrected chi connectivity index (χ3v) is 4.16. The summed E-state index contributed by atoms with van der Waals surface area (Å²) >= 11 is 7.63.